The summed E-state index contributed by atoms with van der Waals surface area (Å²) in [5.74, 6) is 0.932. The molecule has 0 amide bonds. The first-order valence-electron chi connectivity index (χ1n) is 7.71. The Hall–Kier alpha value is -1.06. The van der Waals surface area contributed by atoms with Crippen molar-refractivity contribution in [3.8, 4) is 5.75 Å². The topological polar surface area (TPSA) is 24.5 Å². The predicted molar refractivity (Wildman–Crippen MR) is 86.3 cm³/mol. The number of unbranched alkanes of at least 4 members (excludes halogenated alkanes) is 2. The van der Waals surface area contributed by atoms with E-state index in [2.05, 4.69) is 49.3 Å². The van der Waals surface area contributed by atoms with Gasteiger partial charge in [0, 0.05) is 19.1 Å². The summed E-state index contributed by atoms with van der Waals surface area (Å²) in [6.07, 6.45) is 3.89. The molecule has 3 heteroatoms. The molecule has 1 atom stereocenters. The highest BCUT2D eigenvalue weighted by Crippen LogP contribution is 2.14. The fourth-order valence-electron chi connectivity index (χ4n) is 2.18. The van der Waals surface area contributed by atoms with Crippen LogP contribution < -0.4 is 10.1 Å². The van der Waals surface area contributed by atoms with Crippen LogP contribution in [0, 0.1) is 0 Å². The fourth-order valence-corrected chi connectivity index (χ4v) is 2.18. The zero-order valence-corrected chi connectivity index (χ0v) is 13.5. The van der Waals surface area contributed by atoms with Gasteiger partial charge in [-0.15, -0.1) is 0 Å². The molecule has 1 N–H and O–H groups in total. The van der Waals surface area contributed by atoms with Gasteiger partial charge in [-0.3, -0.25) is 4.90 Å². The summed E-state index contributed by atoms with van der Waals surface area (Å²) in [6, 6.07) is 8.83. The first-order chi connectivity index (χ1) is 9.67. The molecule has 0 aliphatic carbocycles. The Labute approximate surface area is 124 Å². The van der Waals surface area contributed by atoms with Crippen molar-refractivity contribution in [1.29, 1.82) is 0 Å². The van der Waals surface area contributed by atoms with Crippen LogP contribution in [-0.4, -0.2) is 38.2 Å². The third kappa shape index (κ3) is 6.40. The van der Waals surface area contributed by atoms with Crippen molar-refractivity contribution < 1.29 is 4.74 Å². The molecule has 0 saturated heterocycles. The second-order valence-corrected chi connectivity index (χ2v) is 5.53. The van der Waals surface area contributed by atoms with Crippen LogP contribution in [0.2, 0.25) is 0 Å². The van der Waals surface area contributed by atoms with Gasteiger partial charge in [-0.05, 0) is 44.6 Å². The predicted octanol–water partition coefficient (Wildman–Crippen LogP) is 3.30. The highest BCUT2D eigenvalue weighted by atomic mass is 16.5. The van der Waals surface area contributed by atoms with E-state index in [1.54, 1.807) is 7.11 Å². The molecule has 0 radical (unpaired) electrons. The van der Waals surface area contributed by atoms with E-state index in [1.165, 1.54) is 24.8 Å². The average Bonchev–Trinajstić information content (AvgIpc) is 2.47. The van der Waals surface area contributed by atoms with Gasteiger partial charge in [-0.1, -0.05) is 31.9 Å². The summed E-state index contributed by atoms with van der Waals surface area (Å²) < 4.78 is 5.27. The van der Waals surface area contributed by atoms with Gasteiger partial charge >= 0.3 is 0 Å². The van der Waals surface area contributed by atoms with Crippen LogP contribution in [0.4, 0.5) is 0 Å². The van der Waals surface area contributed by atoms with Crippen molar-refractivity contribution in [3.63, 3.8) is 0 Å². The summed E-state index contributed by atoms with van der Waals surface area (Å²) in [5, 5.41) is 3.54. The van der Waals surface area contributed by atoms with Gasteiger partial charge in [0.05, 0.1) is 7.11 Å². The van der Waals surface area contributed by atoms with Crippen molar-refractivity contribution in [1.82, 2.24) is 10.2 Å². The number of methoxy groups -OCH3 is 1. The van der Waals surface area contributed by atoms with Crippen LogP contribution in [0.25, 0.3) is 0 Å². The molecule has 0 fully saturated rings. The summed E-state index contributed by atoms with van der Waals surface area (Å²) in [5.41, 5.74) is 1.30. The highest BCUT2D eigenvalue weighted by molar-refractivity contribution is 5.28. The molecular weight excluding hydrogens is 248 g/mol. The molecule has 1 aromatic carbocycles. The van der Waals surface area contributed by atoms with Gasteiger partial charge in [0.1, 0.15) is 5.75 Å². The van der Waals surface area contributed by atoms with E-state index in [0.29, 0.717) is 6.04 Å². The lowest BCUT2D eigenvalue weighted by atomic mass is 10.2. The fraction of sp³-hybridized carbons (Fsp3) is 0.647. The molecule has 0 heterocycles. The van der Waals surface area contributed by atoms with Crippen LogP contribution >= 0.6 is 0 Å². The molecule has 1 aromatic rings. The monoisotopic (exact) mass is 278 g/mol. The number of nitrogens with zero attached hydrogens (tertiary/aromatic N) is 1. The van der Waals surface area contributed by atoms with Crippen LogP contribution in [-0.2, 0) is 6.54 Å². The maximum Gasteiger partial charge on any atom is 0.119 e. The number of nitrogens with one attached hydrogen (secondary N) is 1. The molecule has 1 rings (SSSR count). The highest BCUT2D eigenvalue weighted by Gasteiger charge is 2.09. The van der Waals surface area contributed by atoms with Crippen molar-refractivity contribution >= 4 is 0 Å². The van der Waals surface area contributed by atoms with Crippen LogP contribution in [0.1, 0.15) is 38.7 Å². The maximum atomic E-state index is 5.27. The van der Waals surface area contributed by atoms with E-state index in [9.17, 15) is 0 Å². The lowest BCUT2D eigenvalue weighted by Gasteiger charge is -2.25. The van der Waals surface area contributed by atoms with E-state index in [-0.39, 0.29) is 0 Å². The smallest absolute Gasteiger partial charge is 0.119 e. The van der Waals surface area contributed by atoms with Gasteiger partial charge in [0.15, 0.2) is 0 Å². The molecule has 1 unspecified atom stereocenters. The molecule has 0 spiro atoms. The van der Waals surface area contributed by atoms with Crippen molar-refractivity contribution in [2.24, 2.45) is 0 Å². The first kappa shape index (κ1) is 17.0. The molecule has 0 saturated carbocycles. The minimum Gasteiger partial charge on any atom is -0.497 e. The summed E-state index contributed by atoms with van der Waals surface area (Å²) in [7, 11) is 3.89. The number of likely N-dealkylation sites (N-methyl/N-ethyl adjacent to an activating group) is 1. The number of rotatable bonds is 10. The van der Waals surface area contributed by atoms with E-state index < -0.39 is 0 Å². The Bertz CT molecular complexity index is 368. The van der Waals surface area contributed by atoms with Crippen molar-refractivity contribution in [2.45, 2.75) is 45.7 Å². The van der Waals surface area contributed by atoms with E-state index in [0.717, 1.165) is 25.4 Å². The Kier molecular flexibility index (Phi) is 8.31. The first-order valence-corrected chi connectivity index (χ1v) is 7.71. The number of hydrogen-bond donors (Lipinski definition) is 1. The molecular formula is C17H30N2O. The molecule has 0 aliphatic rings. The van der Waals surface area contributed by atoms with Crippen molar-refractivity contribution in [2.75, 3.05) is 27.2 Å². The number of ether oxygens (including phenoxy) is 1. The second kappa shape index (κ2) is 9.78. The molecule has 0 bridgehead atoms. The Balaban J connectivity index is 2.31. The average molecular weight is 278 g/mol. The lowest BCUT2D eigenvalue weighted by molar-refractivity contribution is 0.242. The van der Waals surface area contributed by atoms with Crippen LogP contribution in [0.3, 0.4) is 0 Å². The zero-order chi connectivity index (χ0) is 14.8. The largest absolute Gasteiger partial charge is 0.497 e. The minimum atomic E-state index is 0.530. The quantitative estimate of drug-likeness (QED) is 0.665. The Morgan fingerprint density at radius 2 is 2.10 bits per heavy atom. The summed E-state index contributed by atoms with van der Waals surface area (Å²) in [6.45, 7) is 7.64. The third-order valence-corrected chi connectivity index (χ3v) is 3.72. The van der Waals surface area contributed by atoms with E-state index in [4.69, 9.17) is 4.74 Å². The maximum absolute atomic E-state index is 5.27. The SMILES string of the molecule is CCCCCNCC(C)N(C)Cc1cccc(OC)c1. The minimum absolute atomic E-state index is 0.530. The van der Waals surface area contributed by atoms with E-state index >= 15 is 0 Å². The zero-order valence-electron chi connectivity index (χ0n) is 13.5. The Morgan fingerprint density at radius 3 is 2.80 bits per heavy atom. The second-order valence-electron chi connectivity index (χ2n) is 5.53. The number of hydrogen-bond acceptors (Lipinski definition) is 3. The number of benzene rings is 1. The molecule has 114 valence electrons. The van der Waals surface area contributed by atoms with Crippen LogP contribution in [0.15, 0.2) is 24.3 Å². The lowest BCUT2D eigenvalue weighted by Crippen LogP contribution is -2.37. The Morgan fingerprint density at radius 1 is 1.30 bits per heavy atom. The molecule has 3 nitrogen and oxygen atoms in total. The van der Waals surface area contributed by atoms with Gasteiger partial charge in [-0.25, -0.2) is 0 Å². The molecule has 20 heavy (non-hydrogen) atoms. The van der Waals surface area contributed by atoms with Crippen LogP contribution in [0.5, 0.6) is 5.75 Å². The third-order valence-electron chi connectivity index (χ3n) is 3.72. The van der Waals surface area contributed by atoms with Gasteiger partial charge in [0.2, 0.25) is 0 Å². The van der Waals surface area contributed by atoms with E-state index in [1.807, 2.05) is 6.07 Å². The van der Waals surface area contributed by atoms with Gasteiger partial charge < -0.3 is 10.1 Å². The summed E-state index contributed by atoms with van der Waals surface area (Å²) >= 11 is 0. The normalized spacial score (nSPS) is 12.7. The van der Waals surface area contributed by atoms with Crippen molar-refractivity contribution in [3.05, 3.63) is 29.8 Å². The molecule has 0 aliphatic heterocycles. The standard InChI is InChI=1S/C17H30N2O/c1-5-6-7-11-18-13-15(2)19(3)14-16-9-8-10-17(12-16)20-4/h8-10,12,15,18H,5-7,11,13-14H2,1-4H3. The van der Waals surface area contributed by atoms with Gasteiger partial charge in [-0.2, -0.15) is 0 Å². The summed E-state index contributed by atoms with van der Waals surface area (Å²) in [4.78, 5) is 2.38. The molecule has 0 aromatic heterocycles. The van der Waals surface area contributed by atoms with Gasteiger partial charge in [0.25, 0.3) is 0 Å².